The molecule has 138 valence electrons. The van der Waals surface area contributed by atoms with Gasteiger partial charge in [0.2, 0.25) is 0 Å². The van der Waals surface area contributed by atoms with E-state index in [-0.39, 0.29) is 5.82 Å². The van der Waals surface area contributed by atoms with Crippen molar-refractivity contribution >= 4 is 0 Å². The maximum Gasteiger partial charge on any atom is 0.153 e. The topological polar surface area (TPSA) is 42.7 Å². The SMILES string of the molecule is Cc1nn(-c2ccccn2)c(C)c1[C@@H]1C=C[C@@H](NCc2ccc(F)cc2)C1. The molecule has 4 rings (SSSR count). The fourth-order valence-electron chi connectivity index (χ4n) is 3.81. The molecular formula is C22H23FN4. The summed E-state index contributed by atoms with van der Waals surface area (Å²) >= 11 is 0. The summed E-state index contributed by atoms with van der Waals surface area (Å²) in [5.41, 5.74) is 4.55. The van der Waals surface area contributed by atoms with E-state index in [4.69, 9.17) is 5.10 Å². The van der Waals surface area contributed by atoms with Gasteiger partial charge in [0.25, 0.3) is 0 Å². The largest absolute Gasteiger partial charge is 0.306 e. The Morgan fingerprint density at radius 3 is 2.67 bits per heavy atom. The Morgan fingerprint density at radius 1 is 1.11 bits per heavy atom. The Morgan fingerprint density at radius 2 is 1.93 bits per heavy atom. The van der Waals surface area contributed by atoms with Crippen molar-refractivity contribution in [1.29, 1.82) is 0 Å². The molecule has 27 heavy (non-hydrogen) atoms. The summed E-state index contributed by atoms with van der Waals surface area (Å²) in [6.45, 7) is 4.90. The van der Waals surface area contributed by atoms with Gasteiger partial charge in [-0.25, -0.2) is 14.1 Å². The van der Waals surface area contributed by atoms with Crippen molar-refractivity contribution in [2.45, 2.75) is 38.8 Å². The van der Waals surface area contributed by atoms with Crippen LogP contribution in [0.4, 0.5) is 4.39 Å². The molecule has 1 aliphatic carbocycles. The molecule has 0 aliphatic heterocycles. The molecule has 0 spiro atoms. The number of halogens is 1. The molecule has 0 saturated carbocycles. The van der Waals surface area contributed by atoms with E-state index in [1.165, 1.54) is 17.7 Å². The number of hydrogen-bond acceptors (Lipinski definition) is 3. The van der Waals surface area contributed by atoms with Gasteiger partial charge in [0.15, 0.2) is 5.82 Å². The molecule has 3 aromatic rings. The van der Waals surface area contributed by atoms with Crippen molar-refractivity contribution < 1.29 is 4.39 Å². The Balaban J connectivity index is 1.45. The van der Waals surface area contributed by atoms with Crippen molar-refractivity contribution in [2.75, 3.05) is 0 Å². The molecule has 1 aromatic carbocycles. The van der Waals surface area contributed by atoms with E-state index in [9.17, 15) is 4.39 Å². The number of aromatic nitrogens is 3. The van der Waals surface area contributed by atoms with Crippen molar-refractivity contribution in [2.24, 2.45) is 0 Å². The molecule has 1 aliphatic rings. The summed E-state index contributed by atoms with van der Waals surface area (Å²) < 4.78 is 15.0. The minimum atomic E-state index is -0.199. The van der Waals surface area contributed by atoms with Crippen molar-refractivity contribution in [1.82, 2.24) is 20.1 Å². The van der Waals surface area contributed by atoms with Crippen LogP contribution in [0.1, 0.15) is 34.9 Å². The normalized spacial score (nSPS) is 18.9. The predicted octanol–water partition coefficient (Wildman–Crippen LogP) is 4.23. The second-order valence-corrected chi connectivity index (χ2v) is 7.03. The van der Waals surface area contributed by atoms with E-state index < -0.39 is 0 Å². The number of rotatable bonds is 5. The summed E-state index contributed by atoms with van der Waals surface area (Å²) in [5.74, 6) is 0.987. The number of allylic oxidation sites excluding steroid dienone is 1. The van der Waals surface area contributed by atoms with Crippen LogP contribution in [0.15, 0.2) is 60.8 Å². The van der Waals surface area contributed by atoms with Gasteiger partial charge in [0, 0.05) is 36.0 Å². The lowest BCUT2D eigenvalue weighted by Crippen LogP contribution is -2.25. The summed E-state index contributed by atoms with van der Waals surface area (Å²) in [6, 6.07) is 12.8. The molecule has 2 aromatic heterocycles. The average molecular weight is 362 g/mol. The van der Waals surface area contributed by atoms with Gasteiger partial charge in [-0.2, -0.15) is 5.10 Å². The lowest BCUT2D eigenvalue weighted by atomic mass is 9.96. The minimum absolute atomic E-state index is 0.199. The first-order valence-electron chi connectivity index (χ1n) is 9.25. The van der Waals surface area contributed by atoms with Crippen LogP contribution >= 0.6 is 0 Å². The van der Waals surface area contributed by atoms with E-state index in [1.807, 2.05) is 35.0 Å². The molecule has 0 amide bonds. The molecule has 5 heteroatoms. The van der Waals surface area contributed by atoms with Gasteiger partial charge in [-0.05, 0) is 50.1 Å². The van der Waals surface area contributed by atoms with Gasteiger partial charge in [-0.15, -0.1) is 0 Å². The van der Waals surface area contributed by atoms with E-state index in [2.05, 4.69) is 36.3 Å². The molecule has 0 fully saturated rings. The van der Waals surface area contributed by atoms with E-state index >= 15 is 0 Å². The number of pyridine rings is 1. The Hall–Kier alpha value is -2.79. The zero-order valence-electron chi connectivity index (χ0n) is 15.6. The molecule has 0 bridgehead atoms. The van der Waals surface area contributed by atoms with Gasteiger partial charge in [-0.1, -0.05) is 30.4 Å². The number of aryl methyl sites for hydroxylation is 1. The zero-order chi connectivity index (χ0) is 18.8. The highest BCUT2D eigenvalue weighted by Crippen LogP contribution is 2.33. The molecule has 2 atom stereocenters. The number of nitrogens with one attached hydrogen (secondary N) is 1. The van der Waals surface area contributed by atoms with Gasteiger partial charge >= 0.3 is 0 Å². The molecule has 0 saturated heterocycles. The van der Waals surface area contributed by atoms with Crippen molar-refractivity contribution in [3.8, 4) is 5.82 Å². The third kappa shape index (κ3) is 3.69. The lowest BCUT2D eigenvalue weighted by molar-refractivity contribution is 0.558. The second kappa shape index (κ2) is 7.45. The zero-order valence-corrected chi connectivity index (χ0v) is 15.6. The quantitative estimate of drug-likeness (QED) is 0.691. The highest BCUT2D eigenvalue weighted by Gasteiger charge is 2.26. The van der Waals surface area contributed by atoms with Crippen molar-refractivity contribution in [3.63, 3.8) is 0 Å². The molecule has 1 N–H and O–H groups in total. The average Bonchev–Trinajstić information content (AvgIpc) is 3.26. The standard InChI is InChI=1S/C22H23FN4/c1-15-22(16(2)27(26-15)21-5-3-4-12-24-21)18-8-11-20(13-18)25-14-17-6-9-19(23)10-7-17/h3-12,18,20,25H,13-14H2,1-2H3/t18-,20-/m1/s1. The third-order valence-electron chi connectivity index (χ3n) is 5.15. The van der Waals surface area contributed by atoms with Gasteiger partial charge in [0.1, 0.15) is 5.82 Å². The second-order valence-electron chi connectivity index (χ2n) is 7.03. The maximum atomic E-state index is 13.0. The maximum absolute atomic E-state index is 13.0. The molecule has 0 unspecified atom stereocenters. The fraction of sp³-hybridized carbons (Fsp3) is 0.273. The van der Waals surface area contributed by atoms with Crippen LogP contribution in [-0.2, 0) is 6.54 Å². The van der Waals surface area contributed by atoms with Crippen LogP contribution in [0.2, 0.25) is 0 Å². The smallest absolute Gasteiger partial charge is 0.153 e. The first-order valence-corrected chi connectivity index (χ1v) is 9.25. The predicted molar refractivity (Wildman–Crippen MR) is 104 cm³/mol. The van der Waals surface area contributed by atoms with Gasteiger partial charge < -0.3 is 5.32 Å². The van der Waals surface area contributed by atoms with Gasteiger partial charge in [0.05, 0.1) is 5.69 Å². The van der Waals surface area contributed by atoms with Gasteiger partial charge in [-0.3, -0.25) is 0 Å². The molecular weight excluding hydrogens is 339 g/mol. The summed E-state index contributed by atoms with van der Waals surface area (Å²) in [4.78, 5) is 4.42. The van der Waals surface area contributed by atoms with Crippen LogP contribution in [0.25, 0.3) is 5.82 Å². The van der Waals surface area contributed by atoms with E-state index in [0.717, 1.165) is 35.7 Å². The summed E-state index contributed by atoms with van der Waals surface area (Å²) in [7, 11) is 0. The van der Waals surface area contributed by atoms with Crippen LogP contribution in [0.5, 0.6) is 0 Å². The highest BCUT2D eigenvalue weighted by molar-refractivity contribution is 5.38. The number of nitrogens with zero attached hydrogens (tertiary/aromatic N) is 3. The summed E-state index contributed by atoms with van der Waals surface area (Å²) in [6.07, 6.45) is 7.28. The third-order valence-corrected chi connectivity index (χ3v) is 5.15. The first kappa shape index (κ1) is 17.6. The van der Waals surface area contributed by atoms with Crippen LogP contribution in [0.3, 0.4) is 0 Å². The Labute approximate surface area is 158 Å². The Bertz CT molecular complexity index is 944. The molecule has 2 heterocycles. The Kier molecular flexibility index (Phi) is 4.86. The van der Waals surface area contributed by atoms with E-state index in [1.54, 1.807) is 6.20 Å². The number of benzene rings is 1. The first-order chi connectivity index (χ1) is 13.1. The number of hydrogen-bond donors (Lipinski definition) is 1. The van der Waals surface area contributed by atoms with Crippen LogP contribution in [-0.4, -0.2) is 20.8 Å². The lowest BCUT2D eigenvalue weighted by Gasteiger charge is -2.15. The van der Waals surface area contributed by atoms with E-state index in [0.29, 0.717) is 12.0 Å². The van der Waals surface area contributed by atoms with Crippen LogP contribution in [0, 0.1) is 19.7 Å². The highest BCUT2D eigenvalue weighted by atomic mass is 19.1. The van der Waals surface area contributed by atoms with Crippen molar-refractivity contribution in [3.05, 3.63) is 89.1 Å². The molecule has 4 nitrogen and oxygen atoms in total. The van der Waals surface area contributed by atoms with Crippen LogP contribution < -0.4 is 5.32 Å². The summed E-state index contributed by atoms with van der Waals surface area (Å²) in [5, 5.41) is 8.26. The molecule has 0 radical (unpaired) electrons. The minimum Gasteiger partial charge on any atom is -0.306 e. The fourth-order valence-corrected chi connectivity index (χ4v) is 3.81. The monoisotopic (exact) mass is 362 g/mol.